The van der Waals surface area contributed by atoms with Gasteiger partial charge in [-0.3, -0.25) is 4.79 Å². The molecule has 0 amide bonds. The van der Waals surface area contributed by atoms with Crippen molar-refractivity contribution in [2.45, 2.75) is 26.2 Å². The summed E-state index contributed by atoms with van der Waals surface area (Å²) in [6.45, 7) is 2.28. The van der Waals surface area contributed by atoms with Gasteiger partial charge in [-0.05, 0) is 30.7 Å². The van der Waals surface area contributed by atoms with E-state index in [2.05, 4.69) is 11.9 Å². The van der Waals surface area contributed by atoms with Crippen molar-refractivity contribution in [2.75, 3.05) is 0 Å². The zero-order valence-corrected chi connectivity index (χ0v) is 10.3. The van der Waals surface area contributed by atoms with Gasteiger partial charge >= 0.3 is 0 Å². The number of thiophene rings is 1. The van der Waals surface area contributed by atoms with Crippen molar-refractivity contribution in [1.29, 1.82) is 0 Å². The second-order valence-electron chi connectivity index (χ2n) is 4.69. The summed E-state index contributed by atoms with van der Waals surface area (Å²) in [5.74, 6) is 0.740. The smallest absolute Gasteiger partial charge is 0.262 e. The lowest BCUT2D eigenvalue weighted by atomic mass is 9.89. The average Bonchev–Trinajstić information content (AvgIpc) is 2.61. The molecule has 1 aliphatic rings. The minimum atomic E-state index is 0.108. The highest BCUT2D eigenvalue weighted by molar-refractivity contribution is 7.18. The second kappa shape index (κ2) is 3.42. The van der Waals surface area contributed by atoms with E-state index in [0.29, 0.717) is 0 Å². The van der Waals surface area contributed by atoms with Gasteiger partial charge < -0.3 is 4.57 Å². The summed E-state index contributed by atoms with van der Waals surface area (Å²) in [6, 6.07) is 0. The summed E-state index contributed by atoms with van der Waals surface area (Å²) >= 11 is 1.70. The van der Waals surface area contributed by atoms with Crippen molar-refractivity contribution in [3.8, 4) is 0 Å². The van der Waals surface area contributed by atoms with E-state index in [1.807, 2.05) is 0 Å². The van der Waals surface area contributed by atoms with E-state index in [0.717, 1.165) is 29.0 Å². The molecule has 0 spiro atoms. The van der Waals surface area contributed by atoms with Crippen LogP contribution in [-0.4, -0.2) is 9.55 Å². The highest BCUT2D eigenvalue weighted by Crippen LogP contribution is 2.35. The normalized spacial score (nSPS) is 20.0. The summed E-state index contributed by atoms with van der Waals surface area (Å²) in [4.78, 5) is 18.7. The van der Waals surface area contributed by atoms with Crippen molar-refractivity contribution in [3.05, 3.63) is 27.1 Å². The molecule has 1 atom stereocenters. The molecule has 3 nitrogen and oxygen atoms in total. The van der Waals surface area contributed by atoms with Gasteiger partial charge in [0.15, 0.2) is 0 Å². The third-order valence-corrected chi connectivity index (χ3v) is 4.54. The van der Waals surface area contributed by atoms with Crippen molar-refractivity contribution in [2.24, 2.45) is 13.0 Å². The summed E-state index contributed by atoms with van der Waals surface area (Å²) in [7, 11) is 1.77. The Balaban J connectivity index is 2.35. The van der Waals surface area contributed by atoms with E-state index < -0.39 is 0 Å². The minimum Gasteiger partial charge on any atom is -0.302 e. The molecule has 0 saturated heterocycles. The van der Waals surface area contributed by atoms with E-state index in [4.69, 9.17) is 0 Å². The lowest BCUT2D eigenvalue weighted by Gasteiger charge is -2.17. The molecule has 0 saturated carbocycles. The molecule has 2 aromatic rings. The fraction of sp³-hybridized carbons (Fsp3) is 0.500. The Hall–Kier alpha value is -1.16. The van der Waals surface area contributed by atoms with Gasteiger partial charge in [0.1, 0.15) is 4.83 Å². The maximum absolute atomic E-state index is 12.1. The lowest BCUT2D eigenvalue weighted by Crippen LogP contribution is -2.18. The zero-order chi connectivity index (χ0) is 11.3. The highest BCUT2D eigenvalue weighted by Gasteiger charge is 2.22. The highest BCUT2D eigenvalue weighted by atomic mass is 32.1. The Bertz CT molecular complexity index is 611. The first-order valence-electron chi connectivity index (χ1n) is 5.62. The van der Waals surface area contributed by atoms with Crippen molar-refractivity contribution < 1.29 is 0 Å². The van der Waals surface area contributed by atoms with Crippen molar-refractivity contribution in [3.63, 3.8) is 0 Å². The Kier molecular flexibility index (Phi) is 2.14. The van der Waals surface area contributed by atoms with Crippen LogP contribution in [0.25, 0.3) is 10.2 Å². The molecule has 0 bridgehead atoms. The first kappa shape index (κ1) is 10.0. The topological polar surface area (TPSA) is 34.9 Å². The number of nitrogens with zero attached hydrogens (tertiary/aromatic N) is 2. The van der Waals surface area contributed by atoms with E-state index in [9.17, 15) is 4.79 Å². The molecule has 0 unspecified atom stereocenters. The summed E-state index contributed by atoms with van der Waals surface area (Å²) < 4.78 is 1.58. The molecule has 84 valence electrons. The molecule has 2 heterocycles. The molecular formula is C12H14N2OS. The van der Waals surface area contributed by atoms with Gasteiger partial charge in [-0.1, -0.05) is 6.92 Å². The van der Waals surface area contributed by atoms with Crippen molar-refractivity contribution >= 4 is 21.6 Å². The van der Waals surface area contributed by atoms with E-state index in [1.54, 1.807) is 29.3 Å². The fourth-order valence-electron chi connectivity index (χ4n) is 2.42. The quantitative estimate of drug-likeness (QED) is 0.700. The Labute approximate surface area is 97.7 Å². The van der Waals surface area contributed by atoms with E-state index >= 15 is 0 Å². The van der Waals surface area contributed by atoms with E-state index in [-0.39, 0.29) is 5.56 Å². The van der Waals surface area contributed by atoms with Crippen LogP contribution in [-0.2, 0) is 19.9 Å². The van der Waals surface area contributed by atoms with Gasteiger partial charge in [0.25, 0.3) is 5.56 Å². The maximum Gasteiger partial charge on any atom is 0.262 e. The molecule has 0 N–H and O–H groups in total. The third kappa shape index (κ3) is 1.33. The maximum atomic E-state index is 12.1. The Morgan fingerprint density at radius 3 is 3.19 bits per heavy atom. The van der Waals surface area contributed by atoms with Crippen LogP contribution in [0.3, 0.4) is 0 Å². The summed E-state index contributed by atoms with van der Waals surface area (Å²) in [5.41, 5.74) is 1.38. The molecule has 3 rings (SSSR count). The SMILES string of the molecule is C[C@H]1CCc2c(sc3ncn(C)c(=O)c23)C1. The van der Waals surface area contributed by atoms with Crippen molar-refractivity contribution in [1.82, 2.24) is 9.55 Å². The Morgan fingerprint density at radius 1 is 1.56 bits per heavy atom. The molecule has 4 heteroatoms. The second-order valence-corrected chi connectivity index (χ2v) is 5.78. The average molecular weight is 234 g/mol. The molecular weight excluding hydrogens is 220 g/mol. The number of fused-ring (bicyclic) bond motifs is 3. The van der Waals surface area contributed by atoms with Crippen LogP contribution in [0.1, 0.15) is 23.8 Å². The molecule has 0 radical (unpaired) electrons. The number of hydrogen-bond donors (Lipinski definition) is 0. The zero-order valence-electron chi connectivity index (χ0n) is 9.49. The number of rotatable bonds is 0. The van der Waals surface area contributed by atoms with Gasteiger partial charge in [-0.15, -0.1) is 11.3 Å². The van der Waals surface area contributed by atoms with Crippen LogP contribution in [0.2, 0.25) is 0 Å². The number of aromatic nitrogens is 2. The Morgan fingerprint density at radius 2 is 2.38 bits per heavy atom. The van der Waals surface area contributed by atoms with Crippen LogP contribution in [0.4, 0.5) is 0 Å². The number of hydrogen-bond acceptors (Lipinski definition) is 3. The fourth-order valence-corrected chi connectivity index (χ4v) is 3.76. The monoisotopic (exact) mass is 234 g/mol. The van der Waals surface area contributed by atoms with E-state index in [1.165, 1.54) is 16.9 Å². The lowest BCUT2D eigenvalue weighted by molar-refractivity contribution is 0.509. The predicted molar refractivity (Wildman–Crippen MR) is 66.1 cm³/mol. The first-order valence-corrected chi connectivity index (χ1v) is 6.44. The van der Waals surface area contributed by atoms with Gasteiger partial charge in [-0.2, -0.15) is 0 Å². The van der Waals surface area contributed by atoms with Crippen LogP contribution < -0.4 is 5.56 Å². The summed E-state index contributed by atoms with van der Waals surface area (Å²) in [6.07, 6.45) is 4.96. The predicted octanol–water partition coefficient (Wildman–Crippen LogP) is 2.12. The van der Waals surface area contributed by atoms with Gasteiger partial charge in [0.05, 0.1) is 11.7 Å². The minimum absolute atomic E-state index is 0.108. The van der Waals surface area contributed by atoms with Crippen LogP contribution in [0.5, 0.6) is 0 Å². The largest absolute Gasteiger partial charge is 0.302 e. The third-order valence-electron chi connectivity index (χ3n) is 3.38. The molecule has 2 aromatic heterocycles. The van der Waals surface area contributed by atoms with Gasteiger partial charge in [0.2, 0.25) is 0 Å². The van der Waals surface area contributed by atoms with Crippen LogP contribution in [0.15, 0.2) is 11.1 Å². The molecule has 0 aromatic carbocycles. The van der Waals surface area contributed by atoms with Gasteiger partial charge in [0, 0.05) is 11.9 Å². The molecule has 1 aliphatic carbocycles. The van der Waals surface area contributed by atoms with Crippen LogP contribution >= 0.6 is 11.3 Å². The standard InChI is InChI=1S/C12H14N2OS/c1-7-3-4-8-9(5-7)16-11-10(8)12(15)14(2)6-13-11/h6-7H,3-5H2,1-2H3/t7-/m0/s1. The number of aryl methyl sites for hydroxylation is 2. The molecule has 16 heavy (non-hydrogen) atoms. The molecule has 0 aliphatic heterocycles. The van der Waals surface area contributed by atoms with Gasteiger partial charge in [-0.25, -0.2) is 4.98 Å². The summed E-state index contributed by atoms with van der Waals surface area (Å²) in [5, 5.41) is 0.872. The first-order chi connectivity index (χ1) is 7.66. The van der Waals surface area contributed by atoms with Crippen LogP contribution in [0, 0.1) is 5.92 Å². The molecule has 0 fully saturated rings.